The molecule has 0 radical (unpaired) electrons. The summed E-state index contributed by atoms with van der Waals surface area (Å²) in [5.74, 6) is 0.412. The van der Waals surface area contributed by atoms with E-state index in [4.69, 9.17) is 22.3 Å². The molecule has 0 spiro atoms. The van der Waals surface area contributed by atoms with Crippen LogP contribution in [0.5, 0.6) is 0 Å². The van der Waals surface area contributed by atoms with E-state index in [9.17, 15) is 5.11 Å². The molecule has 0 bridgehead atoms. The van der Waals surface area contributed by atoms with Gasteiger partial charge in [-0.25, -0.2) is 15.0 Å². The number of nitrogens with two attached hydrogens (primary N) is 1. The molecule has 6 rings (SSSR count). The number of hydrogen-bond acceptors (Lipinski definition) is 6. The summed E-state index contributed by atoms with van der Waals surface area (Å²) in [6.45, 7) is 0. The smallest absolute Gasteiger partial charge is 0.146 e. The normalized spacial score (nSPS) is 18.5. The van der Waals surface area contributed by atoms with Gasteiger partial charge in [0.15, 0.2) is 0 Å². The summed E-state index contributed by atoms with van der Waals surface area (Å²) in [5, 5.41) is 14.2. The van der Waals surface area contributed by atoms with Crippen LogP contribution in [-0.2, 0) is 0 Å². The molecule has 1 aliphatic carbocycles. The molecule has 1 aliphatic rings. The van der Waals surface area contributed by atoms with Crippen molar-refractivity contribution in [3.05, 3.63) is 59.3 Å². The summed E-state index contributed by atoms with van der Waals surface area (Å²) in [5.41, 5.74) is 10.6. The number of anilines is 1. The van der Waals surface area contributed by atoms with Gasteiger partial charge in [0.05, 0.1) is 27.6 Å². The lowest BCUT2D eigenvalue weighted by Crippen LogP contribution is -2.30. The number of aliphatic hydroxyl groups excluding tert-OH is 1. The number of thiophene rings is 1. The van der Waals surface area contributed by atoms with Crippen LogP contribution in [0.4, 0.5) is 5.82 Å². The molecule has 1 aromatic carbocycles. The van der Waals surface area contributed by atoms with Crippen molar-refractivity contribution in [2.75, 3.05) is 5.73 Å². The van der Waals surface area contributed by atoms with E-state index in [0.29, 0.717) is 23.7 Å². The average molecular weight is 448 g/mol. The van der Waals surface area contributed by atoms with Crippen LogP contribution in [0.25, 0.3) is 43.6 Å². The molecule has 4 aromatic heterocycles. The second-order valence-electron chi connectivity index (χ2n) is 7.89. The van der Waals surface area contributed by atoms with Crippen LogP contribution in [0.2, 0.25) is 5.02 Å². The maximum absolute atomic E-state index is 9.80. The van der Waals surface area contributed by atoms with Crippen LogP contribution < -0.4 is 5.73 Å². The fourth-order valence-corrected chi connectivity index (χ4v) is 5.26. The summed E-state index contributed by atoms with van der Waals surface area (Å²) in [6, 6.07) is 12.3. The van der Waals surface area contributed by atoms with Gasteiger partial charge in [0.25, 0.3) is 0 Å². The third-order valence-electron chi connectivity index (χ3n) is 5.96. The molecule has 1 saturated carbocycles. The predicted molar refractivity (Wildman–Crippen MR) is 125 cm³/mol. The van der Waals surface area contributed by atoms with Crippen molar-refractivity contribution in [2.45, 2.75) is 25.0 Å². The van der Waals surface area contributed by atoms with Crippen LogP contribution in [0.15, 0.2) is 54.3 Å². The van der Waals surface area contributed by atoms with Crippen molar-refractivity contribution in [3.8, 4) is 21.7 Å². The van der Waals surface area contributed by atoms with Gasteiger partial charge in [-0.1, -0.05) is 23.7 Å². The van der Waals surface area contributed by atoms with Gasteiger partial charge in [-0.15, -0.1) is 11.3 Å². The molecule has 5 aromatic rings. The Labute approximate surface area is 187 Å². The van der Waals surface area contributed by atoms with Crippen molar-refractivity contribution in [3.63, 3.8) is 0 Å². The number of pyridine rings is 1. The lowest BCUT2D eigenvalue weighted by molar-refractivity contribution is 0.0502. The van der Waals surface area contributed by atoms with Gasteiger partial charge in [-0.05, 0) is 42.5 Å². The number of aliphatic hydroxyl groups is 1. The monoisotopic (exact) mass is 447 g/mol. The van der Waals surface area contributed by atoms with E-state index in [1.807, 2.05) is 41.9 Å². The van der Waals surface area contributed by atoms with Crippen LogP contribution >= 0.6 is 22.9 Å². The zero-order chi connectivity index (χ0) is 21.1. The number of aromatic nitrogens is 4. The van der Waals surface area contributed by atoms with Crippen LogP contribution in [0.3, 0.4) is 0 Å². The van der Waals surface area contributed by atoms with E-state index in [0.717, 1.165) is 43.6 Å². The minimum absolute atomic E-state index is 0.184. The third-order valence-corrected chi connectivity index (χ3v) is 7.17. The first-order chi connectivity index (χ1) is 15.1. The van der Waals surface area contributed by atoms with E-state index >= 15 is 0 Å². The number of fused-ring (bicyclic) bond motifs is 2. The Morgan fingerprint density at radius 1 is 1.13 bits per heavy atom. The van der Waals surface area contributed by atoms with Crippen LogP contribution in [0.1, 0.15) is 18.9 Å². The number of rotatable bonds is 3. The van der Waals surface area contributed by atoms with E-state index < -0.39 is 0 Å². The van der Waals surface area contributed by atoms with Gasteiger partial charge in [0.2, 0.25) is 0 Å². The fourth-order valence-electron chi connectivity index (χ4n) is 4.29. The highest BCUT2D eigenvalue weighted by atomic mass is 35.5. The van der Waals surface area contributed by atoms with Crippen molar-refractivity contribution >= 4 is 50.7 Å². The number of benzene rings is 1. The lowest BCUT2D eigenvalue weighted by Gasteiger charge is -2.32. The second-order valence-corrected chi connectivity index (χ2v) is 9.24. The Kier molecular flexibility index (Phi) is 4.24. The van der Waals surface area contributed by atoms with Gasteiger partial charge in [0.1, 0.15) is 17.8 Å². The van der Waals surface area contributed by atoms with Crippen LogP contribution in [0, 0.1) is 0 Å². The quantitative estimate of drug-likeness (QED) is 0.391. The van der Waals surface area contributed by atoms with Crippen molar-refractivity contribution < 1.29 is 5.11 Å². The highest BCUT2D eigenvalue weighted by molar-refractivity contribution is 7.13. The molecule has 6 nitrogen and oxygen atoms in total. The largest absolute Gasteiger partial charge is 0.393 e. The Balaban J connectivity index is 1.56. The first-order valence-electron chi connectivity index (χ1n) is 10.0. The summed E-state index contributed by atoms with van der Waals surface area (Å²) in [6.07, 6.45) is 4.63. The molecular formula is C23H18ClN5OS. The molecule has 0 unspecified atom stereocenters. The van der Waals surface area contributed by atoms with Crippen molar-refractivity contribution in [2.24, 2.45) is 0 Å². The highest BCUT2D eigenvalue weighted by Crippen LogP contribution is 2.42. The molecule has 0 aliphatic heterocycles. The van der Waals surface area contributed by atoms with Gasteiger partial charge in [-0.2, -0.15) is 0 Å². The second kappa shape index (κ2) is 7.02. The Morgan fingerprint density at radius 2 is 2.00 bits per heavy atom. The number of hydrogen-bond donors (Lipinski definition) is 2. The van der Waals surface area contributed by atoms with Crippen LogP contribution in [-0.4, -0.2) is 30.7 Å². The SMILES string of the molecule is Nc1ncnc2c1c(-c1cc3nc(-c4cccs4)ccc3cc1Cl)cn2C1CC(O)C1. The molecule has 4 heterocycles. The maximum atomic E-state index is 9.80. The molecule has 0 amide bonds. The molecular weight excluding hydrogens is 430 g/mol. The summed E-state index contributed by atoms with van der Waals surface area (Å²) < 4.78 is 2.09. The highest BCUT2D eigenvalue weighted by Gasteiger charge is 2.31. The number of halogens is 1. The standard InChI is InChI=1S/C23H18ClN5OS/c24-17-6-12-3-4-18(20-2-1-5-31-20)28-19(12)9-15(17)16-10-29(13-7-14(30)8-13)23-21(16)22(25)26-11-27-23/h1-6,9-11,13-14,30H,7-8H2,(H2,25,26,27). The first kappa shape index (κ1) is 18.7. The summed E-state index contributed by atoms with van der Waals surface area (Å²) in [7, 11) is 0. The van der Waals surface area contributed by atoms with E-state index in [1.165, 1.54) is 6.33 Å². The fraction of sp³-hybridized carbons (Fsp3) is 0.174. The predicted octanol–water partition coefficient (Wildman–Crippen LogP) is 5.31. The lowest BCUT2D eigenvalue weighted by atomic mass is 9.89. The van der Waals surface area contributed by atoms with Gasteiger partial charge in [0, 0.05) is 33.8 Å². The third kappa shape index (κ3) is 3.00. The van der Waals surface area contributed by atoms with Gasteiger partial charge < -0.3 is 15.4 Å². The molecule has 3 N–H and O–H groups in total. The molecule has 154 valence electrons. The molecule has 8 heteroatoms. The zero-order valence-corrected chi connectivity index (χ0v) is 17.9. The summed E-state index contributed by atoms with van der Waals surface area (Å²) >= 11 is 8.40. The molecule has 0 atom stereocenters. The zero-order valence-electron chi connectivity index (χ0n) is 16.4. The van der Waals surface area contributed by atoms with E-state index in [-0.39, 0.29) is 12.1 Å². The Bertz CT molecular complexity index is 1440. The molecule has 0 saturated heterocycles. The van der Waals surface area contributed by atoms with Gasteiger partial charge in [-0.3, -0.25) is 0 Å². The Hall–Kier alpha value is -3.00. The number of nitrogens with zero attached hydrogens (tertiary/aromatic N) is 4. The topological polar surface area (TPSA) is 89.9 Å². The van der Waals surface area contributed by atoms with Gasteiger partial charge >= 0.3 is 0 Å². The minimum Gasteiger partial charge on any atom is -0.393 e. The Morgan fingerprint density at radius 3 is 2.77 bits per heavy atom. The van der Waals surface area contributed by atoms with Crippen molar-refractivity contribution in [1.29, 1.82) is 0 Å². The average Bonchev–Trinajstić information content (AvgIpc) is 3.40. The molecule has 31 heavy (non-hydrogen) atoms. The van der Waals surface area contributed by atoms with Crippen molar-refractivity contribution in [1.82, 2.24) is 19.5 Å². The van der Waals surface area contributed by atoms with E-state index in [2.05, 4.69) is 20.6 Å². The summed E-state index contributed by atoms with van der Waals surface area (Å²) in [4.78, 5) is 14.7. The number of nitrogen functional groups attached to an aromatic ring is 1. The molecule has 1 fully saturated rings. The van der Waals surface area contributed by atoms with E-state index in [1.54, 1.807) is 11.3 Å². The first-order valence-corrected chi connectivity index (χ1v) is 11.3. The minimum atomic E-state index is -0.269. The maximum Gasteiger partial charge on any atom is 0.146 e.